The second-order valence-corrected chi connectivity index (χ2v) is 14.0. The van der Waals surface area contributed by atoms with Crippen molar-refractivity contribution < 1.29 is 18.7 Å². The van der Waals surface area contributed by atoms with Crippen molar-refractivity contribution in [1.29, 1.82) is 0 Å². The molecule has 0 spiro atoms. The van der Waals surface area contributed by atoms with Crippen molar-refractivity contribution in [2.45, 2.75) is 76.8 Å². The Morgan fingerprint density at radius 1 is 1.31 bits per heavy atom. The van der Waals surface area contributed by atoms with Gasteiger partial charge < -0.3 is 13.9 Å². The summed E-state index contributed by atoms with van der Waals surface area (Å²) >= 11 is 0. The van der Waals surface area contributed by atoms with E-state index in [4.69, 9.17) is 9.16 Å². The van der Waals surface area contributed by atoms with E-state index in [2.05, 4.69) is 61.8 Å². The van der Waals surface area contributed by atoms with Gasteiger partial charge in [0.15, 0.2) is 8.32 Å². The van der Waals surface area contributed by atoms with Crippen LogP contribution in [-0.2, 0) is 18.7 Å². The molecule has 0 N–H and O–H groups in total. The normalized spacial score (nSPS) is 22.9. The van der Waals surface area contributed by atoms with Crippen molar-refractivity contribution in [2.24, 2.45) is 5.92 Å². The fourth-order valence-corrected chi connectivity index (χ4v) is 4.72. The molecule has 1 aromatic heterocycles. The van der Waals surface area contributed by atoms with Crippen molar-refractivity contribution in [3.63, 3.8) is 0 Å². The number of aromatic nitrogens is 1. The number of carbonyl (C=O) groups excluding carboxylic acids is 1. The third-order valence-corrected chi connectivity index (χ3v) is 10.7. The van der Waals surface area contributed by atoms with Gasteiger partial charge in [-0.05, 0) is 49.0 Å². The third-order valence-electron chi connectivity index (χ3n) is 6.15. The lowest BCUT2D eigenvalue weighted by Crippen LogP contribution is -2.45. The summed E-state index contributed by atoms with van der Waals surface area (Å²) in [5.74, 6) is 0.122. The van der Waals surface area contributed by atoms with Gasteiger partial charge in [-0.3, -0.25) is 9.78 Å². The first kappa shape index (κ1) is 23.8. The molecule has 1 aromatic rings. The SMILES string of the molecule is COC(=O)CC/C=C\CC[C@H]1[C@@H](c2cccnc2)OC[C@H]1O[Si](C)(C)C(C)(C)C. The zero-order valence-corrected chi connectivity index (χ0v) is 19.8. The summed E-state index contributed by atoms with van der Waals surface area (Å²) in [7, 11) is -0.460. The first-order chi connectivity index (χ1) is 13.7. The van der Waals surface area contributed by atoms with Crippen molar-refractivity contribution in [3.8, 4) is 0 Å². The van der Waals surface area contributed by atoms with Gasteiger partial charge in [-0.2, -0.15) is 0 Å². The molecule has 1 fully saturated rings. The predicted octanol–water partition coefficient (Wildman–Crippen LogP) is 5.45. The summed E-state index contributed by atoms with van der Waals surface area (Å²) < 4.78 is 17.7. The number of carbonyl (C=O) groups is 1. The molecular weight excluding hydrogens is 382 g/mol. The average Bonchev–Trinajstić information content (AvgIpc) is 3.05. The highest BCUT2D eigenvalue weighted by molar-refractivity contribution is 6.74. The van der Waals surface area contributed by atoms with Crippen LogP contribution in [0, 0.1) is 5.92 Å². The summed E-state index contributed by atoms with van der Waals surface area (Å²) in [6, 6.07) is 4.05. The van der Waals surface area contributed by atoms with Gasteiger partial charge in [0.05, 0.1) is 25.9 Å². The summed E-state index contributed by atoms with van der Waals surface area (Å²) in [4.78, 5) is 15.5. The maximum Gasteiger partial charge on any atom is 0.305 e. The van der Waals surface area contributed by atoms with Crippen LogP contribution in [0.15, 0.2) is 36.7 Å². The van der Waals surface area contributed by atoms with Crippen LogP contribution < -0.4 is 0 Å². The van der Waals surface area contributed by atoms with Gasteiger partial charge in [0.1, 0.15) is 0 Å². The Bertz CT molecular complexity index is 669. The van der Waals surface area contributed by atoms with Crippen molar-refractivity contribution in [3.05, 3.63) is 42.2 Å². The van der Waals surface area contributed by atoms with Gasteiger partial charge in [-0.15, -0.1) is 0 Å². The first-order valence-corrected chi connectivity index (χ1v) is 13.5. The van der Waals surface area contributed by atoms with E-state index in [0.717, 1.165) is 18.4 Å². The zero-order chi connectivity index (χ0) is 21.5. The second-order valence-electron chi connectivity index (χ2n) is 9.28. The van der Waals surface area contributed by atoms with E-state index >= 15 is 0 Å². The van der Waals surface area contributed by atoms with E-state index < -0.39 is 8.32 Å². The van der Waals surface area contributed by atoms with Crippen molar-refractivity contribution in [2.75, 3.05) is 13.7 Å². The number of hydrogen-bond acceptors (Lipinski definition) is 5. The van der Waals surface area contributed by atoms with E-state index in [0.29, 0.717) is 25.4 Å². The molecule has 1 aliphatic heterocycles. The molecule has 1 saturated heterocycles. The Labute approximate surface area is 177 Å². The minimum absolute atomic E-state index is 0.0157. The lowest BCUT2D eigenvalue weighted by molar-refractivity contribution is -0.140. The molecule has 2 heterocycles. The number of hydrogen-bond donors (Lipinski definition) is 0. The fraction of sp³-hybridized carbons (Fsp3) is 0.652. The zero-order valence-electron chi connectivity index (χ0n) is 18.8. The smallest absolute Gasteiger partial charge is 0.305 e. The number of esters is 1. The maximum absolute atomic E-state index is 11.2. The van der Waals surface area contributed by atoms with E-state index in [9.17, 15) is 4.79 Å². The maximum atomic E-state index is 11.2. The molecule has 162 valence electrons. The van der Waals surface area contributed by atoms with Crippen LogP contribution in [0.4, 0.5) is 0 Å². The topological polar surface area (TPSA) is 57.7 Å². The van der Waals surface area contributed by atoms with Gasteiger partial charge in [0.25, 0.3) is 0 Å². The molecule has 0 bridgehead atoms. The number of methoxy groups -OCH3 is 1. The predicted molar refractivity (Wildman–Crippen MR) is 118 cm³/mol. The Kier molecular flexibility index (Phi) is 8.61. The number of allylic oxidation sites excluding steroid dienone is 2. The molecule has 1 aliphatic rings. The van der Waals surface area contributed by atoms with Gasteiger partial charge >= 0.3 is 5.97 Å². The molecule has 0 radical (unpaired) electrons. The highest BCUT2D eigenvalue weighted by atomic mass is 28.4. The minimum Gasteiger partial charge on any atom is -0.469 e. The van der Waals surface area contributed by atoms with Gasteiger partial charge in [0.2, 0.25) is 0 Å². The van der Waals surface area contributed by atoms with Crippen LogP contribution >= 0.6 is 0 Å². The highest BCUT2D eigenvalue weighted by Crippen LogP contribution is 2.44. The quantitative estimate of drug-likeness (QED) is 0.303. The molecule has 29 heavy (non-hydrogen) atoms. The Balaban J connectivity index is 2.04. The van der Waals surface area contributed by atoms with Crippen LogP contribution in [0.3, 0.4) is 0 Å². The van der Waals surface area contributed by atoms with Crippen molar-refractivity contribution in [1.82, 2.24) is 4.98 Å². The molecular formula is C23H37NO4Si. The van der Waals surface area contributed by atoms with E-state index in [1.54, 1.807) is 6.20 Å². The molecule has 0 aromatic carbocycles. The summed E-state index contributed by atoms with van der Waals surface area (Å²) in [6.07, 6.45) is 11.1. The summed E-state index contributed by atoms with van der Waals surface area (Å²) in [6.45, 7) is 12.0. The molecule has 0 unspecified atom stereocenters. The van der Waals surface area contributed by atoms with E-state index in [1.807, 2.05) is 12.3 Å². The largest absolute Gasteiger partial charge is 0.469 e. The molecule has 6 heteroatoms. The molecule has 0 amide bonds. The molecule has 5 nitrogen and oxygen atoms in total. The summed E-state index contributed by atoms with van der Waals surface area (Å²) in [5.41, 5.74) is 1.12. The monoisotopic (exact) mass is 419 g/mol. The van der Waals surface area contributed by atoms with Gasteiger partial charge in [-0.25, -0.2) is 0 Å². The molecule has 2 rings (SSSR count). The highest BCUT2D eigenvalue weighted by Gasteiger charge is 2.45. The summed E-state index contributed by atoms with van der Waals surface area (Å²) in [5, 5.41) is 0.164. The number of ether oxygens (including phenoxy) is 2. The van der Waals surface area contributed by atoms with Crippen LogP contribution in [-0.4, -0.2) is 39.1 Å². The van der Waals surface area contributed by atoms with Gasteiger partial charge in [0, 0.05) is 24.7 Å². The van der Waals surface area contributed by atoms with E-state index in [-0.39, 0.29) is 23.2 Å². The Morgan fingerprint density at radius 3 is 2.66 bits per heavy atom. The van der Waals surface area contributed by atoms with Gasteiger partial charge in [-0.1, -0.05) is 39.0 Å². The lowest BCUT2D eigenvalue weighted by Gasteiger charge is -2.39. The number of nitrogens with zero attached hydrogens (tertiary/aromatic N) is 1. The third kappa shape index (κ3) is 6.76. The Morgan fingerprint density at radius 2 is 2.03 bits per heavy atom. The average molecular weight is 420 g/mol. The molecule has 3 atom stereocenters. The first-order valence-electron chi connectivity index (χ1n) is 10.6. The van der Waals surface area contributed by atoms with Crippen LogP contribution in [0.25, 0.3) is 0 Å². The number of rotatable bonds is 9. The molecule has 0 aliphatic carbocycles. The standard InChI is InChI=1S/C23H37NO4Si/c1-23(2,3)29(5,6)28-20-17-27-22(18-12-11-15-24-16-18)19(20)13-9-7-8-10-14-21(25)26-4/h7-8,11-12,15-16,19-20,22H,9-10,13-14,17H2,1-6H3/b8-7-/t19-,20-,22-/m1/s1. The van der Waals surface area contributed by atoms with Crippen LogP contribution in [0.5, 0.6) is 0 Å². The number of pyridine rings is 1. The van der Waals surface area contributed by atoms with Crippen LogP contribution in [0.2, 0.25) is 18.1 Å². The molecule has 0 saturated carbocycles. The minimum atomic E-state index is -1.88. The van der Waals surface area contributed by atoms with Crippen LogP contribution in [0.1, 0.15) is 58.1 Å². The van der Waals surface area contributed by atoms with E-state index in [1.165, 1.54) is 7.11 Å². The van der Waals surface area contributed by atoms with Crippen molar-refractivity contribution >= 4 is 14.3 Å². The lowest BCUT2D eigenvalue weighted by atomic mass is 9.90. The fourth-order valence-electron chi connectivity index (χ4n) is 3.37. The Hall–Kier alpha value is -1.50. The second kappa shape index (κ2) is 10.5.